The predicted octanol–water partition coefficient (Wildman–Crippen LogP) is 9.27. The molecule has 9 rings (SSSR count). The Bertz CT molecular complexity index is 3560. The Hall–Kier alpha value is -7.62. The van der Waals surface area contributed by atoms with Gasteiger partial charge >= 0.3 is 0 Å². The van der Waals surface area contributed by atoms with E-state index in [4.69, 9.17) is 103 Å². The van der Waals surface area contributed by atoms with E-state index in [0.717, 1.165) is 32.3 Å². The third-order valence-corrected chi connectivity index (χ3v) is 12.3. The summed E-state index contributed by atoms with van der Waals surface area (Å²) in [5, 5.41) is 4.72. The third kappa shape index (κ3) is 8.60. The third-order valence-electron chi connectivity index (χ3n) is 12.3. The molecule has 0 aliphatic heterocycles. The van der Waals surface area contributed by atoms with Crippen molar-refractivity contribution in [3.63, 3.8) is 0 Å². The van der Waals surface area contributed by atoms with E-state index in [9.17, 15) is 0 Å². The van der Waals surface area contributed by atoms with Crippen LogP contribution in [0.25, 0.3) is 82.5 Å². The molecule has 9 aromatic rings. The number of nitrogens with zero attached hydrogens (tertiary/aromatic N) is 1. The van der Waals surface area contributed by atoms with E-state index < -0.39 is 0 Å². The molecule has 0 amide bonds. The van der Waals surface area contributed by atoms with Crippen molar-refractivity contribution in [1.82, 2.24) is 4.90 Å². The quantitative estimate of drug-likeness (QED) is 0.0698. The lowest BCUT2D eigenvalue weighted by molar-refractivity contribution is 0.363. The second-order valence-electron chi connectivity index (χ2n) is 16.6. The van der Waals surface area contributed by atoms with Gasteiger partial charge in [0.25, 0.3) is 0 Å². The van der Waals surface area contributed by atoms with Gasteiger partial charge in [0.15, 0.2) is 0 Å². The Labute approximate surface area is 419 Å². The zero-order valence-corrected chi connectivity index (χ0v) is 37.8. The van der Waals surface area contributed by atoms with Crippen molar-refractivity contribution >= 4 is 153 Å². The second kappa shape index (κ2) is 19.8. The molecule has 13 heteroatoms. The van der Waals surface area contributed by atoms with Crippen LogP contribution in [0.2, 0.25) is 0 Å². The van der Waals surface area contributed by atoms with Crippen molar-refractivity contribution in [1.29, 1.82) is 0 Å². The van der Waals surface area contributed by atoms with Crippen LogP contribution in [0.5, 0.6) is 0 Å². The average molecular weight is 874 g/mol. The Morgan fingerprint density at radius 3 is 0.886 bits per heavy atom. The fraction of sp³-hybridized carbons (Fsp3) is 0.0526. The number of allylic oxidation sites excluding steroid dienone is 9. The van der Waals surface area contributed by atoms with Crippen molar-refractivity contribution in [3.05, 3.63) is 193 Å². The molecular weight excluding hydrogens is 844 g/mol. The van der Waals surface area contributed by atoms with Gasteiger partial charge in [0.2, 0.25) is 0 Å². The summed E-state index contributed by atoms with van der Waals surface area (Å²) >= 11 is 0. The van der Waals surface area contributed by atoms with Crippen molar-refractivity contribution in [2.75, 3.05) is 19.6 Å². The summed E-state index contributed by atoms with van der Waals surface area (Å²) in [6, 6.07) is 39.4. The first-order chi connectivity index (χ1) is 33.8. The maximum Gasteiger partial charge on any atom is 0.136 e. The molecule has 0 saturated heterocycles. The fourth-order valence-electron chi connectivity index (χ4n) is 9.10. The Balaban J connectivity index is 1.19. The van der Waals surface area contributed by atoms with Crippen LogP contribution in [-0.4, -0.2) is 95.2 Å². The van der Waals surface area contributed by atoms with Gasteiger partial charge in [0.05, 0.1) is 0 Å². The summed E-state index contributed by atoms with van der Waals surface area (Å²) < 4.78 is 18.6. The molecule has 0 aliphatic rings. The molecule has 0 atom stereocenters. The molecule has 0 fully saturated rings. The van der Waals surface area contributed by atoms with E-state index in [1.165, 1.54) is 0 Å². The maximum absolute atomic E-state index is 7.06. The van der Waals surface area contributed by atoms with Gasteiger partial charge in [-0.05, 0) is 86.2 Å². The largest absolute Gasteiger partial charge is 0.456 e. The van der Waals surface area contributed by atoms with Gasteiger partial charge in [-0.3, -0.25) is 4.90 Å². The summed E-state index contributed by atoms with van der Waals surface area (Å²) in [5.41, 5.74) is 7.43. The van der Waals surface area contributed by atoms with Crippen LogP contribution in [0.3, 0.4) is 0 Å². The van der Waals surface area contributed by atoms with Crippen LogP contribution in [-0.2, 0) is 0 Å². The van der Waals surface area contributed by atoms with E-state index in [1.54, 1.807) is 4.90 Å². The van der Waals surface area contributed by atoms with Gasteiger partial charge in [-0.15, -0.1) is 35.7 Å². The van der Waals surface area contributed by atoms with Crippen molar-refractivity contribution in [2.45, 2.75) is 0 Å². The molecule has 0 bridgehead atoms. The van der Waals surface area contributed by atoms with E-state index in [0.29, 0.717) is 66.9 Å². The number of benzene rings is 6. The highest BCUT2D eigenvalue weighted by atomic mass is 16.3. The molecule has 6 aromatic carbocycles. The van der Waals surface area contributed by atoms with Crippen LogP contribution in [0.15, 0.2) is 190 Å². The lowest BCUT2D eigenvalue weighted by Gasteiger charge is -2.29. The highest BCUT2D eigenvalue weighted by Gasteiger charge is 2.22. The minimum Gasteiger partial charge on any atom is -0.456 e. The lowest BCUT2D eigenvalue weighted by atomic mass is 9.68. The van der Waals surface area contributed by atoms with E-state index in [1.807, 2.05) is 127 Å². The molecule has 18 radical (unpaired) electrons. The highest BCUT2D eigenvalue weighted by Crippen LogP contribution is 2.41. The number of terminal acetylenes is 3. The van der Waals surface area contributed by atoms with Crippen LogP contribution >= 0.6 is 0 Å². The van der Waals surface area contributed by atoms with Crippen LogP contribution in [0.1, 0.15) is 16.7 Å². The molecule has 4 nitrogen and oxygen atoms in total. The Morgan fingerprint density at radius 1 is 0.357 bits per heavy atom. The molecule has 0 spiro atoms. The average Bonchev–Trinajstić information content (AvgIpc) is 4.08. The predicted molar refractivity (Wildman–Crippen MR) is 298 cm³/mol. The van der Waals surface area contributed by atoms with Gasteiger partial charge in [-0.1, -0.05) is 125 Å². The smallest absolute Gasteiger partial charge is 0.136 e. The molecule has 0 N–H and O–H groups in total. The molecule has 70 heavy (non-hydrogen) atoms. The van der Waals surface area contributed by atoms with Crippen LogP contribution < -0.4 is 0 Å². The first kappa shape index (κ1) is 47.5. The topological polar surface area (TPSA) is 42.7 Å². The molecular formula is C57H30B9NO3. The zero-order chi connectivity index (χ0) is 49.4. The molecule has 308 valence electrons. The van der Waals surface area contributed by atoms with Crippen molar-refractivity contribution in [2.24, 2.45) is 0 Å². The second-order valence-corrected chi connectivity index (χ2v) is 16.6. The number of para-hydroxylation sites is 3. The molecule has 3 heterocycles. The molecule has 0 saturated carbocycles. The van der Waals surface area contributed by atoms with E-state index in [2.05, 4.69) is 17.8 Å². The number of rotatable bonds is 12. The minimum atomic E-state index is -0.0888. The van der Waals surface area contributed by atoms with Crippen LogP contribution in [0.4, 0.5) is 0 Å². The monoisotopic (exact) mass is 875 g/mol. The van der Waals surface area contributed by atoms with E-state index in [-0.39, 0.29) is 68.9 Å². The van der Waals surface area contributed by atoms with Gasteiger partial charge in [-0.2, -0.15) is 0 Å². The fourth-order valence-corrected chi connectivity index (χ4v) is 9.10. The van der Waals surface area contributed by atoms with Gasteiger partial charge in [-0.25, -0.2) is 0 Å². The lowest BCUT2D eigenvalue weighted by Crippen LogP contribution is -2.32. The SMILES string of the molecule is [B]/C(CN(C/C([B])=C([B])\C(=C(\[B])C#C)c1cccc2oc3ccccc3c12)C/C([B])=C([B])\C(=C(\[B])C#C)c1cccc2oc3ccccc3c12)=C([B])/C(=C(/[B])C#C)c1cccc2oc3ccccc3c12. The summed E-state index contributed by atoms with van der Waals surface area (Å²) in [5.74, 6) is 7.68. The minimum absolute atomic E-state index is 0.0399. The maximum atomic E-state index is 7.06. The highest BCUT2D eigenvalue weighted by molar-refractivity contribution is 6.44. The van der Waals surface area contributed by atoms with Gasteiger partial charge in [0, 0.05) is 52.0 Å². The first-order valence-corrected chi connectivity index (χ1v) is 21.9. The standard InChI is InChI=1S/C57H30B9NO3/c1-4-37(58)52(34-19-13-25-46-49(34)31-16-7-10-22-43(31)68-46)55(64)40(61)28-67(29-41(62)56(65)53(38(59)5-2)35-20-14-26-47-50(35)32-17-8-11-23-44(32)69-47)30-42(63)57(66)54(39(60)6-3)36-21-15-27-48-51(36)33-18-9-12-24-45(33)70-48/h1-3,7-27H,28-30H2/b52-37+,53-38+,54-39+,55-40-,56-41-,57-42-. The molecule has 0 unspecified atom stereocenters. The van der Waals surface area contributed by atoms with Gasteiger partial charge in [0.1, 0.15) is 104 Å². The van der Waals surface area contributed by atoms with Gasteiger partial charge < -0.3 is 13.3 Å². The summed E-state index contributed by atoms with van der Waals surface area (Å²) in [7, 11) is 62.2. The summed E-state index contributed by atoms with van der Waals surface area (Å²) in [6.45, 7) is -0.266. The van der Waals surface area contributed by atoms with E-state index >= 15 is 0 Å². The molecule has 3 aromatic heterocycles. The van der Waals surface area contributed by atoms with Crippen LogP contribution in [0, 0.1) is 37.0 Å². The number of furan rings is 3. The molecule has 0 aliphatic carbocycles. The summed E-state index contributed by atoms with van der Waals surface area (Å²) in [4.78, 5) is 1.79. The Kier molecular flexibility index (Phi) is 13.4. The zero-order valence-electron chi connectivity index (χ0n) is 37.8. The number of fused-ring (bicyclic) bond motifs is 9. The number of hydrogen-bond donors (Lipinski definition) is 0. The van der Waals surface area contributed by atoms with Crippen molar-refractivity contribution < 1.29 is 13.3 Å². The van der Waals surface area contributed by atoms with Crippen molar-refractivity contribution in [3.8, 4) is 37.0 Å². The number of hydrogen-bond acceptors (Lipinski definition) is 4. The normalized spacial score (nSPS) is 14.1. The summed E-state index contributed by atoms with van der Waals surface area (Å²) in [6.07, 6.45) is 18.0. The Morgan fingerprint density at radius 2 is 0.614 bits per heavy atom. The first-order valence-electron chi connectivity index (χ1n) is 21.9.